The van der Waals surface area contributed by atoms with Crippen LogP contribution in [-0.4, -0.2) is 11.1 Å². The molecule has 0 radical (unpaired) electrons. The van der Waals surface area contributed by atoms with Gasteiger partial charge in [-0.05, 0) is 11.1 Å². The molecule has 0 saturated carbocycles. The normalized spacial score (nSPS) is 12.9. The number of hydrogen-bond acceptors (Lipinski definition) is 1. The Kier molecular flexibility index (Phi) is 3.69. The molecule has 11 heavy (non-hydrogen) atoms. The SMILES string of the molecule is C=C(CCC(F)(F)F)[P+](=O)O. The van der Waals surface area contributed by atoms with Gasteiger partial charge in [0, 0.05) is 6.42 Å². The van der Waals surface area contributed by atoms with Crippen LogP contribution < -0.4 is 0 Å². The Bertz CT molecular complexity index is 175. The van der Waals surface area contributed by atoms with Crippen molar-refractivity contribution in [1.82, 2.24) is 0 Å². The molecule has 0 amide bonds. The van der Waals surface area contributed by atoms with E-state index in [1.165, 1.54) is 0 Å². The molecule has 0 spiro atoms. The first-order valence-electron chi connectivity index (χ1n) is 2.73. The number of allylic oxidation sites excluding steroid dienone is 1. The molecule has 6 heteroatoms. The van der Waals surface area contributed by atoms with Crippen molar-refractivity contribution in [3.63, 3.8) is 0 Å². The van der Waals surface area contributed by atoms with Crippen LogP contribution in [-0.2, 0) is 4.57 Å². The van der Waals surface area contributed by atoms with Gasteiger partial charge in [-0.15, -0.1) is 0 Å². The predicted octanol–water partition coefficient (Wildman–Crippen LogP) is 2.58. The highest BCUT2D eigenvalue weighted by Gasteiger charge is 2.30. The number of rotatable bonds is 3. The monoisotopic (exact) mass is 187 g/mol. The van der Waals surface area contributed by atoms with E-state index >= 15 is 0 Å². The summed E-state index contributed by atoms with van der Waals surface area (Å²) < 4.78 is 44.5. The van der Waals surface area contributed by atoms with Crippen LogP contribution in [0.2, 0.25) is 0 Å². The van der Waals surface area contributed by atoms with E-state index in [9.17, 15) is 17.7 Å². The van der Waals surface area contributed by atoms with E-state index < -0.39 is 27.0 Å². The minimum absolute atomic E-state index is 0.266. The average Bonchev–Trinajstić information content (AvgIpc) is 1.80. The molecule has 0 rings (SSSR count). The molecule has 0 bridgehead atoms. The Morgan fingerprint density at radius 2 is 2.00 bits per heavy atom. The van der Waals surface area contributed by atoms with Crippen LogP contribution in [0.1, 0.15) is 12.8 Å². The fraction of sp³-hybridized carbons (Fsp3) is 0.600. The van der Waals surface area contributed by atoms with Crippen LogP contribution >= 0.6 is 8.03 Å². The molecule has 0 heterocycles. The zero-order valence-electron chi connectivity index (χ0n) is 5.56. The fourth-order valence-electron chi connectivity index (χ4n) is 0.382. The summed E-state index contributed by atoms with van der Waals surface area (Å²) in [6, 6.07) is 0. The van der Waals surface area contributed by atoms with Crippen molar-refractivity contribution in [3.05, 3.63) is 11.9 Å². The first-order valence-corrected chi connectivity index (χ1v) is 3.95. The van der Waals surface area contributed by atoms with E-state index in [2.05, 4.69) is 6.58 Å². The van der Waals surface area contributed by atoms with Crippen LogP contribution in [0.5, 0.6) is 0 Å². The maximum absolute atomic E-state index is 11.5. The Morgan fingerprint density at radius 1 is 1.55 bits per heavy atom. The third kappa shape index (κ3) is 6.01. The van der Waals surface area contributed by atoms with Gasteiger partial charge in [0.05, 0.1) is 6.42 Å². The predicted molar refractivity (Wildman–Crippen MR) is 34.3 cm³/mol. The lowest BCUT2D eigenvalue weighted by Crippen LogP contribution is -2.06. The maximum atomic E-state index is 11.5. The second-order valence-corrected chi connectivity index (χ2v) is 3.13. The van der Waals surface area contributed by atoms with Crippen molar-refractivity contribution in [3.8, 4) is 0 Å². The van der Waals surface area contributed by atoms with E-state index in [0.29, 0.717) is 0 Å². The van der Waals surface area contributed by atoms with Gasteiger partial charge in [-0.3, -0.25) is 0 Å². The number of hydrogen-bond donors (Lipinski definition) is 1. The topological polar surface area (TPSA) is 37.3 Å². The smallest absolute Gasteiger partial charge is 0.171 e. The lowest BCUT2D eigenvalue weighted by Gasteiger charge is -2.01. The van der Waals surface area contributed by atoms with E-state index in [1.54, 1.807) is 0 Å². The molecule has 1 atom stereocenters. The van der Waals surface area contributed by atoms with E-state index in [4.69, 9.17) is 4.89 Å². The molecule has 0 aromatic rings. The first kappa shape index (κ1) is 10.6. The Balaban J connectivity index is 3.73. The van der Waals surface area contributed by atoms with E-state index in [1.807, 2.05) is 0 Å². The largest absolute Gasteiger partial charge is 0.540 e. The van der Waals surface area contributed by atoms with Crippen LogP contribution in [0, 0.1) is 0 Å². The lowest BCUT2D eigenvalue weighted by molar-refractivity contribution is -0.133. The maximum Gasteiger partial charge on any atom is 0.540 e. The third-order valence-corrected chi connectivity index (χ3v) is 1.73. The molecule has 0 saturated heterocycles. The zero-order chi connectivity index (χ0) is 9.07. The van der Waals surface area contributed by atoms with Gasteiger partial charge in [0.2, 0.25) is 0 Å². The minimum Gasteiger partial charge on any atom is -0.171 e. The molecular weight excluding hydrogens is 180 g/mol. The highest BCUT2D eigenvalue weighted by Crippen LogP contribution is 2.32. The quantitative estimate of drug-likeness (QED) is 0.689. The summed E-state index contributed by atoms with van der Waals surface area (Å²) in [4.78, 5) is 8.26. The molecule has 1 unspecified atom stereocenters. The summed E-state index contributed by atoms with van der Waals surface area (Å²) >= 11 is 0. The van der Waals surface area contributed by atoms with Gasteiger partial charge in [-0.2, -0.15) is 18.1 Å². The second kappa shape index (κ2) is 3.83. The van der Waals surface area contributed by atoms with Gasteiger partial charge in [0.15, 0.2) is 5.31 Å². The van der Waals surface area contributed by atoms with Gasteiger partial charge in [0.25, 0.3) is 0 Å². The zero-order valence-corrected chi connectivity index (χ0v) is 6.45. The number of alkyl halides is 3. The molecule has 0 aliphatic rings. The molecule has 0 aromatic heterocycles. The third-order valence-electron chi connectivity index (χ3n) is 0.968. The van der Waals surface area contributed by atoms with Gasteiger partial charge >= 0.3 is 14.2 Å². The lowest BCUT2D eigenvalue weighted by atomic mass is 10.3. The Labute approximate surface area is 62.6 Å². The van der Waals surface area contributed by atoms with Crippen molar-refractivity contribution in [2.75, 3.05) is 0 Å². The van der Waals surface area contributed by atoms with Gasteiger partial charge in [0.1, 0.15) is 0 Å². The van der Waals surface area contributed by atoms with Crippen molar-refractivity contribution in [1.29, 1.82) is 0 Å². The van der Waals surface area contributed by atoms with Crippen LogP contribution in [0.3, 0.4) is 0 Å². The van der Waals surface area contributed by atoms with E-state index in [-0.39, 0.29) is 5.31 Å². The summed E-state index contributed by atoms with van der Waals surface area (Å²) in [7, 11) is -2.66. The summed E-state index contributed by atoms with van der Waals surface area (Å²) in [5.74, 6) is 0. The molecule has 0 aliphatic heterocycles. The Hall–Kier alpha value is -0.410. The summed E-state index contributed by atoms with van der Waals surface area (Å²) in [6.07, 6.45) is -5.85. The Morgan fingerprint density at radius 3 is 2.27 bits per heavy atom. The van der Waals surface area contributed by atoms with Crippen molar-refractivity contribution >= 4 is 8.03 Å². The second-order valence-electron chi connectivity index (χ2n) is 1.95. The van der Waals surface area contributed by atoms with E-state index in [0.717, 1.165) is 0 Å². The van der Waals surface area contributed by atoms with Crippen molar-refractivity contribution in [2.45, 2.75) is 19.0 Å². The molecule has 0 aromatic carbocycles. The fourth-order valence-corrected chi connectivity index (χ4v) is 0.685. The van der Waals surface area contributed by atoms with Crippen LogP contribution in [0.4, 0.5) is 13.2 Å². The van der Waals surface area contributed by atoms with Gasteiger partial charge in [-0.1, -0.05) is 0 Å². The van der Waals surface area contributed by atoms with Crippen molar-refractivity contribution in [2.24, 2.45) is 0 Å². The average molecular weight is 187 g/mol. The summed E-state index contributed by atoms with van der Waals surface area (Å²) in [5, 5.41) is -0.266. The number of halogens is 3. The minimum atomic E-state index is -4.28. The molecule has 1 N–H and O–H groups in total. The summed E-state index contributed by atoms with van der Waals surface area (Å²) in [5.41, 5.74) is 0. The van der Waals surface area contributed by atoms with Crippen LogP contribution in [0.25, 0.3) is 0 Å². The molecule has 2 nitrogen and oxygen atoms in total. The molecule has 64 valence electrons. The highest BCUT2D eigenvalue weighted by molar-refractivity contribution is 7.43. The van der Waals surface area contributed by atoms with Gasteiger partial charge < -0.3 is 0 Å². The summed E-state index contributed by atoms with van der Waals surface area (Å²) in [6.45, 7) is 3.02. The molecule has 0 aliphatic carbocycles. The standard InChI is InChI=1S/C5H6F3O2P/c1-4(11(9)10)2-3-5(6,7)8/h1-3H2/p+1. The first-order chi connectivity index (χ1) is 4.83. The molecular formula is C5H7F3O2P+. The molecule has 0 fully saturated rings. The van der Waals surface area contributed by atoms with Gasteiger partial charge in [-0.25, -0.2) is 0 Å². The van der Waals surface area contributed by atoms with Crippen molar-refractivity contribution < 1.29 is 22.6 Å². The highest BCUT2D eigenvalue weighted by atomic mass is 31.1. The van der Waals surface area contributed by atoms with Crippen LogP contribution in [0.15, 0.2) is 11.9 Å².